The Morgan fingerprint density at radius 2 is 1.65 bits per heavy atom. The van der Waals surface area contributed by atoms with Crippen molar-refractivity contribution in [2.24, 2.45) is 0 Å². The first-order chi connectivity index (χ1) is 8.98. The van der Waals surface area contributed by atoms with Gasteiger partial charge in [0.15, 0.2) is 0 Å². The van der Waals surface area contributed by atoms with Crippen molar-refractivity contribution in [2.45, 2.75) is 20.8 Å². The van der Waals surface area contributed by atoms with E-state index < -0.39 is 22.2 Å². The van der Waals surface area contributed by atoms with Crippen molar-refractivity contribution in [1.29, 1.82) is 0 Å². The molecule has 0 spiro atoms. The molecule has 1 N–H and O–H groups in total. The van der Waals surface area contributed by atoms with E-state index in [0.29, 0.717) is 5.56 Å². The average Bonchev–Trinajstić information content (AvgIpc) is 2.45. The van der Waals surface area contributed by atoms with Crippen LogP contribution in [0.5, 0.6) is 0 Å². The number of carboxylic acid groups (broad SMARTS) is 1. The van der Waals surface area contributed by atoms with Gasteiger partial charge in [-0.05, 0) is 18.2 Å². The average molecular weight is 311 g/mol. The zero-order valence-corrected chi connectivity index (χ0v) is 14.4. The van der Waals surface area contributed by atoms with Gasteiger partial charge in [-0.25, -0.2) is 9.59 Å². The topological polar surface area (TPSA) is 63.6 Å². The molecule has 0 aromatic heterocycles. The van der Waals surface area contributed by atoms with E-state index in [9.17, 15) is 9.59 Å². The zero-order valence-electron chi connectivity index (χ0n) is 14.2. The van der Waals surface area contributed by atoms with E-state index in [1.54, 1.807) is 12.1 Å². The summed E-state index contributed by atoms with van der Waals surface area (Å²) >= 11 is 0. The van der Waals surface area contributed by atoms with Gasteiger partial charge in [0, 0.05) is 17.3 Å². The van der Waals surface area contributed by atoms with E-state index in [4.69, 9.17) is 9.29 Å². The van der Waals surface area contributed by atoms with Gasteiger partial charge < -0.3 is 12.1 Å². The predicted molar refractivity (Wildman–Crippen MR) is 86.0 cm³/mol. The van der Waals surface area contributed by atoms with E-state index in [1.807, 2.05) is 20.8 Å². The standard InChI is InChI=1S/C14H20O4S.Mg.2H/c1-4-19(5-2,6-3)18-14(17)12-9-7-8-11(10-12)13(15)16;;;/h7-10H,4-6H2,1-3H3,(H,15,16);;;/q;+2;2*-1. The molecule has 0 heterocycles. The van der Waals surface area contributed by atoms with E-state index >= 15 is 0 Å². The second kappa shape index (κ2) is 8.54. The van der Waals surface area contributed by atoms with Gasteiger partial charge in [-0.3, -0.25) is 0 Å². The molecule has 0 aliphatic heterocycles. The first kappa shape index (κ1) is 19.3. The minimum absolute atomic E-state index is 0. The number of hydrogen-bond acceptors (Lipinski definition) is 3. The molecular weight excluding hydrogens is 289 g/mol. The summed E-state index contributed by atoms with van der Waals surface area (Å²) in [5.41, 5.74) is 0.395. The Morgan fingerprint density at radius 3 is 2.10 bits per heavy atom. The van der Waals surface area contributed by atoms with Crippen molar-refractivity contribution >= 4 is 45.3 Å². The monoisotopic (exact) mass is 310 g/mol. The van der Waals surface area contributed by atoms with Crippen LogP contribution < -0.4 is 0 Å². The van der Waals surface area contributed by atoms with Crippen LogP contribution in [0.2, 0.25) is 0 Å². The van der Waals surface area contributed by atoms with Crippen LogP contribution in [0.15, 0.2) is 24.3 Å². The van der Waals surface area contributed by atoms with Crippen molar-refractivity contribution in [3.05, 3.63) is 35.4 Å². The van der Waals surface area contributed by atoms with Crippen LogP contribution in [0, 0.1) is 0 Å². The quantitative estimate of drug-likeness (QED) is 0.820. The van der Waals surface area contributed by atoms with Crippen molar-refractivity contribution in [3.8, 4) is 0 Å². The summed E-state index contributed by atoms with van der Waals surface area (Å²) in [6, 6.07) is 5.95. The third-order valence-electron chi connectivity index (χ3n) is 3.18. The molecule has 0 aliphatic carbocycles. The normalized spacial score (nSPS) is 11.3. The Hall–Kier alpha value is -0.724. The number of benzene rings is 1. The van der Waals surface area contributed by atoms with E-state index in [2.05, 4.69) is 0 Å². The Kier molecular flexibility index (Phi) is 8.23. The van der Waals surface area contributed by atoms with Crippen molar-refractivity contribution in [2.75, 3.05) is 17.3 Å². The first-order valence-corrected chi connectivity index (χ1v) is 8.38. The van der Waals surface area contributed by atoms with Gasteiger partial charge in [-0.1, -0.05) is 37.1 Å². The van der Waals surface area contributed by atoms with E-state index in [1.165, 1.54) is 12.1 Å². The maximum atomic E-state index is 12.1. The number of carbonyl (C=O) groups excluding carboxylic acids is 1. The molecule has 20 heavy (non-hydrogen) atoms. The van der Waals surface area contributed by atoms with Crippen LogP contribution in [0.1, 0.15) is 44.3 Å². The van der Waals surface area contributed by atoms with Crippen LogP contribution in [0.4, 0.5) is 0 Å². The summed E-state index contributed by atoms with van der Waals surface area (Å²) in [5, 5.41) is 8.92. The van der Waals surface area contributed by atoms with Gasteiger partial charge in [0.25, 0.3) is 0 Å². The van der Waals surface area contributed by atoms with Gasteiger partial charge in [0.05, 0.1) is 11.1 Å². The van der Waals surface area contributed by atoms with Crippen molar-refractivity contribution < 1.29 is 21.7 Å². The number of hydrogen-bond donors (Lipinski definition) is 1. The fourth-order valence-electron chi connectivity index (χ4n) is 1.78. The molecule has 0 unspecified atom stereocenters. The largest absolute Gasteiger partial charge is 2.00 e. The fourth-order valence-corrected chi connectivity index (χ4v) is 3.77. The minimum atomic E-state index is -1.39. The van der Waals surface area contributed by atoms with Crippen LogP contribution in [0.25, 0.3) is 0 Å². The number of aromatic carboxylic acids is 1. The molecule has 0 amide bonds. The minimum Gasteiger partial charge on any atom is -1.00 e. The molecule has 0 bridgehead atoms. The Labute approximate surface area is 140 Å². The summed E-state index contributed by atoms with van der Waals surface area (Å²) < 4.78 is 5.66. The van der Waals surface area contributed by atoms with Crippen LogP contribution >= 0.6 is 10.3 Å². The number of carbonyl (C=O) groups is 2. The summed E-state index contributed by atoms with van der Waals surface area (Å²) in [6.45, 7) is 6.05. The van der Waals surface area contributed by atoms with Gasteiger partial charge in [0.1, 0.15) is 0 Å². The predicted octanol–water partition coefficient (Wildman–Crippen LogP) is 3.17. The molecule has 110 valence electrons. The first-order valence-electron chi connectivity index (χ1n) is 6.31. The molecule has 6 heteroatoms. The second-order valence-corrected chi connectivity index (χ2v) is 7.92. The third-order valence-corrected chi connectivity index (χ3v) is 6.84. The Bertz CT molecular complexity index is 473. The van der Waals surface area contributed by atoms with E-state index in [0.717, 1.165) is 17.3 Å². The fraction of sp³-hybridized carbons (Fsp3) is 0.429. The molecule has 0 saturated carbocycles. The van der Waals surface area contributed by atoms with Crippen molar-refractivity contribution in [3.63, 3.8) is 0 Å². The Morgan fingerprint density at radius 1 is 1.15 bits per heavy atom. The van der Waals surface area contributed by atoms with Crippen LogP contribution in [-0.4, -0.2) is 57.4 Å². The summed E-state index contributed by atoms with van der Waals surface area (Å²) in [5.74, 6) is 0.998. The van der Waals surface area contributed by atoms with Crippen LogP contribution in [-0.2, 0) is 4.18 Å². The van der Waals surface area contributed by atoms with Gasteiger partial charge in [-0.15, -0.1) is 0 Å². The van der Waals surface area contributed by atoms with Crippen LogP contribution in [0.3, 0.4) is 0 Å². The van der Waals surface area contributed by atoms with Crippen molar-refractivity contribution in [1.82, 2.24) is 0 Å². The van der Waals surface area contributed by atoms with Gasteiger partial charge in [-0.2, -0.15) is 0 Å². The summed E-state index contributed by atoms with van der Waals surface area (Å²) in [4.78, 5) is 23.0. The Balaban J connectivity index is -0.00000120. The molecule has 1 aromatic carbocycles. The molecule has 0 atom stereocenters. The molecule has 1 rings (SSSR count). The SMILES string of the molecule is CCS(CC)(CC)OC(=O)c1cccc(C(=O)O)c1.[H-].[H-].[Mg+2]. The molecule has 4 nitrogen and oxygen atoms in total. The second-order valence-electron chi connectivity index (χ2n) is 4.09. The van der Waals surface area contributed by atoms with E-state index in [-0.39, 0.29) is 31.5 Å². The third kappa shape index (κ3) is 4.68. The molecule has 0 aliphatic rings. The van der Waals surface area contributed by atoms with Gasteiger partial charge in [0.2, 0.25) is 0 Å². The molecular formula is C14H22MgO4S. The molecule has 0 radical (unpaired) electrons. The maximum Gasteiger partial charge on any atom is 2.00 e. The molecule has 1 aromatic rings. The number of carboxylic acids is 1. The molecule has 0 saturated heterocycles. The zero-order chi connectivity index (χ0) is 14.5. The number of rotatable bonds is 6. The summed E-state index contributed by atoms with van der Waals surface area (Å²) in [7, 11) is -1.39. The maximum absolute atomic E-state index is 12.1. The summed E-state index contributed by atoms with van der Waals surface area (Å²) in [6.07, 6.45) is 0. The smallest absolute Gasteiger partial charge is 1.00 e. The van der Waals surface area contributed by atoms with Gasteiger partial charge >= 0.3 is 35.0 Å². The molecule has 0 fully saturated rings.